The van der Waals surface area contributed by atoms with E-state index in [0.717, 1.165) is 49.5 Å². The van der Waals surface area contributed by atoms with Crippen molar-refractivity contribution in [3.63, 3.8) is 0 Å². The summed E-state index contributed by atoms with van der Waals surface area (Å²) in [6.45, 7) is 8.20. The maximum absolute atomic E-state index is 11.7. The number of carboxylic acid groups (broad SMARTS) is 1. The molecule has 176 valence electrons. The summed E-state index contributed by atoms with van der Waals surface area (Å²) >= 11 is 1.23. The number of hydrogen-bond donors (Lipinski definition) is 2. The molecule has 1 aliphatic heterocycles. The van der Waals surface area contributed by atoms with E-state index >= 15 is 0 Å². The SMILES string of the molecule is CC(C)(C)C#Cc1cc(N[C@H]2CC[C@H](Oc3cc(N4CCCC4)ncn3)CC2)c(C(=O)O)s1. The van der Waals surface area contributed by atoms with E-state index in [2.05, 4.69) is 32.0 Å². The van der Waals surface area contributed by atoms with Crippen molar-refractivity contribution < 1.29 is 14.6 Å². The van der Waals surface area contributed by atoms with Crippen molar-refractivity contribution >= 4 is 28.8 Å². The van der Waals surface area contributed by atoms with Crippen molar-refractivity contribution in [3.8, 4) is 17.7 Å². The number of hydrogen-bond acceptors (Lipinski definition) is 7. The van der Waals surface area contributed by atoms with Crippen molar-refractivity contribution in [1.82, 2.24) is 9.97 Å². The molecule has 7 nitrogen and oxygen atoms in total. The molecule has 2 fully saturated rings. The van der Waals surface area contributed by atoms with E-state index in [4.69, 9.17) is 4.74 Å². The topological polar surface area (TPSA) is 87.6 Å². The van der Waals surface area contributed by atoms with E-state index in [-0.39, 0.29) is 17.6 Å². The Hall–Kier alpha value is -2.79. The van der Waals surface area contributed by atoms with Crippen LogP contribution in [0.1, 0.15) is 73.8 Å². The quantitative estimate of drug-likeness (QED) is 0.575. The minimum Gasteiger partial charge on any atom is -0.477 e. The molecular formula is C25H32N4O3S. The molecule has 1 saturated heterocycles. The van der Waals surface area contributed by atoms with Gasteiger partial charge in [-0.25, -0.2) is 14.8 Å². The molecule has 2 aromatic heterocycles. The standard InChI is InChI=1S/C25H32N4O3S/c1-25(2,3)11-10-19-14-20(23(33-19)24(30)31)28-17-6-8-18(9-7-17)32-22-15-21(26-16-27-22)29-12-4-5-13-29/h14-18,28H,4-9,12-13H2,1-3H3,(H,30,31)/t17-,18-. The first-order chi connectivity index (χ1) is 15.8. The van der Waals surface area contributed by atoms with E-state index in [1.807, 2.05) is 32.9 Å². The van der Waals surface area contributed by atoms with Crippen LogP contribution in [0.3, 0.4) is 0 Å². The molecule has 0 spiro atoms. The van der Waals surface area contributed by atoms with Gasteiger partial charge in [-0.05, 0) is 65.4 Å². The van der Waals surface area contributed by atoms with Gasteiger partial charge < -0.3 is 20.1 Å². The van der Waals surface area contributed by atoms with E-state index in [0.29, 0.717) is 16.4 Å². The van der Waals surface area contributed by atoms with Crippen LogP contribution in [0.4, 0.5) is 11.5 Å². The molecule has 4 rings (SSSR count). The smallest absolute Gasteiger partial charge is 0.348 e. The Labute approximate surface area is 199 Å². The van der Waals surface area contributed by atoms with Crippen LogP contribution in [0.5, 0.6) is 5.88 Å². The van der Waals surface area contributed by atoms with Gasteiger partial charge >= 0.3 is 5.97 Å². The number of carboxylic acids is 1. The third-order valence-electron chi connectivity index (χ3n) is 5.87. The molecule has 0 amide bonds. The van der Waals surface area contributed by atoms with Crippen LogP contribution in [-0.2, 0) is 0 Å². The number of anilines is 2. The van der Waals surface area contributed by atoms with E-state index in [1.165, 1.54) is 24.2 Å². The second-order valence-corrected chi connectivity index (χ2v) is 10.9. The van der Waals surface area contributed by atoms with Crippen LogP contribution in [0.25, 0.3) is 0 Å². The molecule has 2 N–H and O–H groups in total. The number of nitrogens with zero attached hydrogens (tertiary/aromatic N) is 3. The lowest BCUT2D eigenvalue weighted by atomic mass is 9.92. The molecule has 33 heavy (non-hydrogen) atoms. The molecule has 0 radical (unpaired) electrons. The Bertz CT molecular complexity index is 1040. The zero-order valence-electron chi connectivity index (χ0n) is 19.6. The van der Waals surface area contributed by atoms with Gasteiger partial charge in [-0.2, -0.15) is 0 Å². The van der Waals surface area contributed by atoms with Crippen molar-refractivity contribution in [1.29, 1.82) is 0 Å². The number of ether oxygens (including phenoxy) is 1. The molecule has 2 aromatic rings. The van der Waals surface area contributed by atoms with Crippen LogP contribution in [0, 0.1) is 17.3 Å². The molecule has 0 aromatic carbocycles. The first kappa shape index (κ1) is 23.4. The van der Waals surface area contributed by atoms with E-state index in [1.54, 1.807) is 6.33 Å². The Morgan fingerprint density at radius 1 is 1.18 bits per heavy atom. The lowest BCUT2D eigenvalue weighted by Crippen LogP contribution is -2.31. The van der Waals surface area contributed by atoms with Gasteiger partial charge in [-0.15, -0.1) is 11.3 Å². The Morgan fingerprint density at radius 3 is 2.58 bits per heavy atom. The zero-order valence-corrected chi connectivity index (χ0v) is 20.4. The average Bonchev–Trinajstić information content (AvgIpc) is 3.44. The van der Waals surface area contributed by atoms with Crippen LogP contribution in [0.2, 0.25) is 0 Å². The molecule has 8 heteroatoms. The lowest BCUT2D eigenvalue weighted by Gasteiger charge is -2.30. The summed E-state index contributed by atoms with van der Waals surface area (Å²) in [7, 11) is 0. The number of nitrogens with one attached hydrogen (secondary N) is 1. The normalized spacial score (nSPS) is 20.8. The van der Waals surface area contributed by atoms with Gasteiger partial charge in [-0.3, -0.25) is 0 Å². The Kier molecular flexibility index (Phi) is 7.08. The van der Waals surface area contributed by atoms with Crippen molar-refractivity contribution in [2.24, 2.45) is 5.41 Å². The maximum Gasteiger partial charge on any atom is 0.348 e. The minimum atomic E-state index is -0.916. The number of aromatic carboxylic acids is 1. The van der Waals surface area contributed by atoms with Crippen LogP contribution < -0.4 is 15.0 Å². The highest BCUT2D eigenvalue weighted by atomic mass is 32.1. The number of rotatable bonds is 6. The predicted octanol–water partition coefficient (Wildman–Crippen LogP) is 5.04. The number of carbonyl (C=O) groups is 1. The summed E-state index contributed by atoms with van der Waals surface area (Å²) in [6, 6.07) is 4.03. The van der Waals surface area contributed by atoms with Gasteiger partial charge in [0, 0.05) is 30.6 Å². The fourth-order valence-electron chi connectivity index (χ4n) is 4.20. The largest absolute Gasteiger partial charge is 0.477 e. The van der Waals surface area contributed by atoms with Crippen molar-refractivity contribution in [2.75, 3.05) is 23.3 Å². The van der Waals surface area contributed by atoms with E-state index < -0.39 is 5.97 Å². The highest BCUT2D eigenvalue weighted by molar-refractivity contribution is 7.15. The summed E-state index contributed by atoms with van der Waals surface area (Å²) < 4.78 is 6.17. The predicted molar refractivity (Wildman–Crippen MR) is 131 cm³/mol. The van der Waals surface area contributed by atoms with Crippen LogP contribution >= 0.6 is 11.3 Å². The number of thiophene rings is 1. The lowest BCUT2D eigenvalue weighted by molar-refractivity contribution is 0.0703. The van der Waals surface area contributed by atoms with Crippen molar-refractivity contribution in [3.05, 3.63) is 28.2 Å². The van der Waals surface area contributed by atoms with Gasteiger partial charge in [-0.1, -0.05) is 11.8 Å². The fraction of sp³-hybridized carbons (Fsp3) is 0.560. The third kappa shape index (κ3) is 6.38. The fourth-order valence-corrected chi connectivity index (χ4v) is 5.01. The highest BCUT2D eigenvalue weighted by Crippen LogP contribution is 2.31. The van der Waals surface area contributed by atoms with Gasteiger partial charge in [0.15, 0.2) is 0 Å². The zero-order chi connectivity index (χ0) is 23.4. The molecule has 2 aliphatic rings. The van der Waals surface area contributed by atoms with E-state index in [9.17, 15) is 9.90 Å². The molecular weight excluding hydrogens is 436 g/mol. The second-order valence-electron chi connectivity index (χ2n) is 9.80. The molecule has 0 unspecified atom stereocenters. The third-order valence-corrected chi connectivity index (χ3v) is 6.90. The average molecular weight is 469 g/mol. The monoisotopic (exact) mass is 468 g/mol. The maximum atomic E-state index is 11.7. The Morgan fingerprint density at radius 2 is 1.91 bits per heavy atom. The molecule has 3 heterocycles. The number of aromatic nitrogens is 2. The first-order valence-corrected chi connectivity index (χ1v) is 12.5. The summed E-state index contributed by atoms with van der Waals surface area (Å²) in [5.74, 6) is 6.97. The summed E-state index contributed by atoms with van der Waals surface area (Å²) in [5.41, 5.74) is 0.541. The van der Waals surface area contributed by atoms with Crippen LogP contribution in [0.15, 0.2) is 18.5 Å². The summed E-state index contributed by atoms with van der Waals surface area (Å²) in [6.07, 6.45) is 7.71. The first-order valence-electron chi connectivity index (χ1n) is 11.7. The molecule has 0 bridgehead atoms. The highest BCUT2D eigenvalue weighted by Gasteiger charge is 2.25. The summed E-state index contributed by atoms with van der Waals surface area (Å²) in [4.78, 5) is 23.8. The van der Waals surface area contributed by atoms with Gasteiger partial charge in [0.1, 0.15) is 23.1 Å². The van der Waals surface area contributed by atoms with Crippen LogP contribution in [-0.4, -0.2) is 46.3 Å². The molecule has 1 aliphatic carbocycles. The molecule has 0 atom stereocenters. The minimum absolute atomic E-state index is 0.110. The molecule has 1 saturated carbocycles. The van der Waals surface area contributed by atoms with Gasteiger partial charge in [0.25, 0.3) is 0 Å². The van der Waals surface area contributed by atoms with Crippen molar-refractivity contribution in [2.45, 2.75) is 71.4 Å². The second kappa shape index (κ2) is 10.0. The summed E-state index contributed by atoms with van der Waals surface area (Å²) in [5, 5.41) is 13.1. The van der Waals surface area contributed by atoms with Gasteiger partial charge in [0.05, 0.1) is 10.6 Å². The Balaban J connectivity index is 1.34. The van der Waals surface area contributed by atoms with Gasteiger partial charge in [0.2, 0.25) is 5.88 Å².